The number of anilines is 1. The number of benzene rings is 4. The Labute approximate surface area is 244 Å². The van der Waals surface area contributed by atoms with Gasteiger partial charge in [0, 0.05) is 11.3 Å². The van der Waals surface area contributed by atoms with Crippen LogP contribution in [0.1, 0.15) is 16.7 Å². The number of alkyl halides is 3. The van der Waals surface area contributed by atoms with E-state index in [4.69, 9.17) is 9.47 Å². The van der Waals surface area contributed by atoms with Gasteiger partial charge in [-0.25, -0.2) is 4.98 Å². The van der Waals surface area contributed by atoms with Crippen molar-refractivity contribution in [2.24, 2.45) is 5.10 Å². The van der Waals surface area contributed by atoms with Crippen LogP contribution in [0, 0.1) is 6.92 Å². The minimum absolute atomic E-state index is 0.0578. The average molecular weight is 587 g/mol. The first kappa shape index (κ1) is 29.1. The van der Waals surface area contributed by atoms with E-state index in [0.717, 1.165) is 22.4 Å². The van der Waals surface area contributed by atoms with Gasteiger partial charge in [0.25, 0.3) is 11.5 Å². The minimum atomic E-state index is -4.58. The zero-order chi connectivity index (χ0) is 30.6. The standard InChI is InChI=1S/C32H25F3N4O4/c1-20-10-13-24(14-11-20)37-29(40)19-43-27-15-12-21(16-28(27)42-2)18-36-39-30(22-6-5-7-23(17-22)32(33,34)35)38-26-9-4-3-8-25(26)31(39)41/h3-18H,19H2,1-2H3,(H,37,40). The number of amides is 1. The highest BCUT2D eigenvalue weighted by molar-refractivity contribution is 5.92. The predicted molar refractivity (Wildman–Crippen MR) is 158 cm³/mol. The highest BCUT2D eigenvalue weighted by atomic mass is 19.4. The third-order valence-corrected chi connectivity index (χ3v) is 6.41. The second-order valence-corrected chi connectivity index (χ2v) is 9.51. The fourth-order valence-electron chi connectivity index (χ4n) is 4.24. The second-order valence-electron chi connectivity index (χ2n) is 9.51. The Morgan fingerprint density at radius 1 is 0.977 bits per heavy atom. The lowest BCUT2D eigenvalue weighted by Gasteiger charge is -2.13. The molecule has 0 atom stereocenters. The van der Waals surface area contributed by atoms with Gasteiger partial charge in [0.1, 0.15) is 0 Å². The van der Waals surface area contributed by atoms with Crippen LogP contribution in [0.5, 0.6) is 11.5 Å². The van der Waals surface area contributed by atoms with Crippen LogP contribution in [0.3, 0.4) is 0 Å². The van der Waals surface area contributed by atoms with Crippen molar-refractivity contribution in [3.05, 3.63) is 118 Å². The lowest BCUT2D eigenvalue weighted by Crippen LogP contribution is -2.20. The Hall–Kier alpha value is -5.45. The molecule has 0 bridgehead atoms. The number of hydrogen-bond donors (Lipinski definition) is 1. The van der Waals surface area contributed by atoms with Gasteiger partial charge < -0.3 is 14.8 Å². The molecule has 0 saturated heterocycles. The van der Waals surface area contributed by atoms with E-state index >= 15 is 0 Å². The van der Waals surface area contributed by atoms with Gasteiger partial charge in [-0.15, -0.1) is 0 Å². The summed E-state index contributed by atoms with van der Waals surface area (Å²) in [6.07, 6.45) is -3.23. The van der Waals surface area contributed by atoms with Crippen molar-refractivity contribution in [1.29, 1.82) is 0 Å². The Balaban J connectivity index is 1.43. The molecule has 218 valence electrons. The summed E-state index contributed by atoms with van der Waals surface area (Å²) in [4.78, 5) is 30.2. The monoisotopic (exact) mass is 586 g/mol. The Morgan fingerprint density at radius 2 is 1.74 bits per heavy atom. The molecule has 0 fully saturated rings. The average Bonchev–Trinajstić information content (AvgIpc) is 3.00. The summed E-state index contributed by atoms with van der Waals surface area (Å²) >= 11 is 0. The summed E-state index contributed by atoms with van der Waals surface area (Å²) in [7, 11) is 1.43. The number of carbonyl (C=O) groups excluding carboxylic acids is 1. The molecule has 1 heterocycles. The molecule has 0 aliphatic carbocycles. The molecular formula is C32H25F3N4O4. The highest BCUT2D eigenvalue weighted by Gasteiger charge is 2.31. The van der Waals surface area contributed by atoms with Crippen LogP contribution in [-0.2, 0) is 11.0 Å². The van der Waals surface area contributed by atoms with Crippen LogP contribution >= 0.6 is 0 Å². The highest BCUT2D eigenvalue weighted by Crippen LogP contribution is 2.32. The molecule has 0 spiro atoms. The third-order valence-electron chi connectivity index (χ3n) is 6.41. The summed E-state index contributed by atoms with van der Waals surface area (Å²) in [5.74, 6) is 0.182. The van der Waals surface area contributed by atoms with Crippen molar-refractivity contribution < 1.29 is 27.4 Å². The smallest absolute Gasteiger partial charge is 0.416 e. The molecule has 0 radical (unpaired) electrons. The van der Waals surface area contributed by atoms with Crippen LogP contribution in [0.2, 0.25) is 0 Å². The molecular weight excluding hydrogens is 561 g/mol. The number of rotatable bonds is 8. The Bertz CT molecular complexity index is 1880. The van der Waals surface area contributed by atoms with E-state index in [9.17, 15) is 22.8 Å². The van der Waals surface area contributed by atoms with Gasteiger partial charge in [-0.05, 0) is 67.1 Å². The molecule has 8 nitrogen and oxygen atoms in total. The number of nitrogens with one attached hydrogen (secondary N) is 1. The number of fused-ring (bicyclic) bond motifs is 1. The number of para-hydroxylation sites is 1. The summed E-state index contributed by atoms with van der Waals surface area (Å²) < 4.78 is 52.3. The van der Waals surface area contributed by atoms with Gasteiger partial charge in [0.2, 0.25) is 0 Å². The molecule has 11 heteroatoms. The largest absolute Gasteiger partial charge is 0.493 e. The number of methoxy groups -OCH3 is 1. The maximum absolute atomic E-state index is 13.4. The van der Waals surface area contributed by atoms with Crippen LogP contribution in [0.25, 0.3) is 22.3 Å². The van der Waals surface area contributed by atoms with E-state index in [0.29, 0.717) is 28.3 Å². The van der Waals surface area contributed by atoms with E-state index in [1.807, 2.05) is 19.1 Å². The third kappa shape index (κ3) is 6.72. The molecule has 43 heavy (non-hydrogen) atoms. The summed E-state index contributed by atoms with van der Waals surface area (Å²) in [6.45, 7) is 1.68. The second kappa shape index (κ2) is 12.2. The van der Waals surface area contributed by atoms with Crippen LogP contribution in [0.4, 0.5) is 18.9 Å². The van der Waals surface area contributed by atoms with E-state index < -0.39 is 17.3 Å². The Kier molecular flexibility index (Phi) is 8.24. The van der Waals surface area contributed by atoms with Crippen molar-refractivity contribution in [1.82, 2.24) is 9.66 Å². The van der Waals surface area contributed by atoms with Gasteiger partial charge in [-0.3, -0.25) is 9.59 Å². The van der Waals surface area contributed by atoms with Gasteiger partial charge in [-0.2, -0.15) is 22.9 Å². The minimum Gasteiger partial charge on any atom is -0.493 e. The van der Waals surface area contributed by atoms with Crippen molar-refractivity contribution in [3.63, 3.8) is 0 Å². The lowest BCUT2D eigenvalue weighted by atomic mass is 10.1. The van der Waals surface area contributed by atoms with E-state index in [-0.39, 0.29) is 29.3 Å². The first-order chi connectivity index (χ1) is 20.6. The molecule has 0 aliphatic rings. The first-order valence-electron chi connectivity index (χ1n) is 13.0. The van der Waals surface area contributed by atoms with Crippen molar-refractivity contribution >= 4 is 28.7 Å². The number of halogens is 3. The molecule has 5 rings (SSSR count). The predicted octanol–water partition coefficient (Wildman–Crippen LogP) is 6.30. The van der Waals surface area contributed by atoms with Crippen LogP contribution < -0.4 is 20.3 Å². The first-order valence-corrected chi connectivity index (χ1v) is 13.0. The molecule has 5 aromatic rings. The summed E-state index contributed by atoms with van der Waals surface area (Å²) in [6, 6.07) is 23.2. The quantitative estimate of drug-likeness (QED) is 0.216. The number of aromatic nitrogens is 2. The maximum Gasteiger partial charge on any atom is 0.416 e. The number of ether oxygens (including phenoxy) is 2. The number of aryl methyl sites for hydroxylation is 1. The lowest BCUT2D eigenvalue weighted by molar-refractivity contribution is -0.137. The van der Waals surface area contributed by atoms with Crippen molar-refractivity contribution in [2.45, 2.75) is 13.1 Å². The van der Waals surface area contributed by atoms with Gasteiger partial charge in [0.15, 0.2) is 23.9 Å². The van der Waals surface area contributed by atoms with Gasteiger partial charge in [-0.1, -0.05) is 42.0 Å². The van der Waals surface area contributed by atoms with Crippen molar-refractivity contribution in [3.8, 4) is 22.9 Å². The molecule has 0 unspecified atom stereocenters. The fourth-order valence-corrected chi connectivity index (χ4v) is 4.24. The SMILES string of the molecule is COc1cc(C=Nn2c(-c3cccc(C(F)(F)F)c3)nc3ccccc3c2=O)ccc1OCC(=O)Nc1ccc(C)cc1. The molecule has 1 N–H and O–H groups in total. The zero-order valence-corrected chi connectivity index (χ0v) is 23.1. The summed E-state index contributed by atoms with van der Waals surface area (Å²) in [5.41, 5.74) is 1.15. The molecule has 1 amide bonds. The fraction of sp³-hybridized carbons (Fsp3) is 0.125. The normalized spacial score (nSPS) is 11.6. The maximum atomic E-state index is 13.4. The van der Waals surface area contributed by atoms with Crippen molar-refractivity contribution in [2.75, 3.05) is 19.0 Å². The molecule has 0 saturated carbocycles. The van der Waals surface area contributed by atoms with Gasteiger partial charge in [0.05, 0.1) is 29.8 Å². The number of nitrogens with zero attached hydrogens (tertiary/aromatic N) is 3. The Morgan fingerprint density at radius 3 is 2.49 bits per heavy atom. The zero-order valence-electron chi connectivity index (χ0n) is 23.1. The van der Waals surface area contributed by atoms with Crippen LogP contribution in [-0.4, -0.2) is 35.5 Å². The van der Waals surface area contributed by atoms with E-state index in [1.54, 1.807) is 54.6 Å². The summed E-state index contributed by atoms with van der Waals surface area (Å²) in [5, 5.41) is 7.30. The number of hydrogen-bond acceptors (Lipinski definition) is 6. The van der Waals surface area contributed by atoms with Gasteiger partial charge >= 0.3 is 6.18 Å². The van der Waals surface area contributed by atoms with Crippen LogP contribution in [0.15, 0.2) is 101 Å². The molecule has 1 aromatic heterocycles. The number of carbonyl (C=O) groups is 1. The molecule has 0 aliphatic heterocycles. The molecule has 4 aromatic carbocycles. The topological polar surface area (TPSA) is 94.8 Å². The van der Waals surface area contributed by atoms with E-state index in [2.05, 4.69) is 15.4 Å². The van der Waals surface area contributed by atoms with E-state index in [1.165, 1.54) is 25.5 Å².